The fourth-order valence-corrected chi connectivity index (χ4v) is 3.06. The number of phenols is 1. The first kappa shape index (κ1) is 13.2. The zero-order chi connectivity index (χ0) is 14.2. The highest BCUT2D eigenvalue weighted by atomic mass is 16.7. The van der Waals surface area contributed by atoms with Crippen LogP contribution in [0, 0.1) is 5.92 Å². The van der Waals surface area contributed by atoms with E-state index in [-0.39, 0.29) is 24.2 Å². The first-order chi connectivity index (χ1) is 9.60. The molecule has 20 heavy (non-hydrogen) atoms. The zero-order valence-electron chi connectivity index (χ0n) is 11.5. The minimum Gasteiger partial charge on any atom is -0.508 e. The number of hydrogen-bond acceptors (Lipinski definition) is 4. The SMILES string of the molecule is C[C@@H](Cc1ccc(O)cc1)[C@]12CCC(=O)C=C1OCO2. The lowest BCUT2D eigenvalue weighted by Crippen LogP contribution is -2.41. The van der Waals surface area contributed by atoms with Crippen molar-refractivity contribution in [1.29, 1.82) is 0 Å². The predicted molar refractivity (Wildman–Crippen MR) is 73.1 cm³/mol. The van der Waals surface area contributed by atoms with E-state index in [0.29, 0.717) is 18.6 Å². The molecular weight excluding hydrogens is 256 g/mol. The van der Waals surface area contributed by atoms with Crippen LogP contribution in [-0.2, 0) is 20.7 Å². The third kappa shape index (κ3) is 2.20. The van der Waals surface area contributed by atoms with Crippen molar-refractivity contribution in [2.75, 3.05) is 6.79 Å². The highest BCUT2D eigenvalue weighted by Gasteiger charge is 2.48. The maximum atomic E-state index is 11.5. The third-order valence-corrected chi connectivity index (χ3v) is 4.26. The Kier molecular flexibility index (Phi) is 3.26. The van der Waals surface area contributed by atoms with Gasteiger partial charge in [0.05, 0.1) is 0 Å². The average Bonchev–Trinajstić information content (AvgIpc) is 2.85. The van der Waals surface area contributed by atoms with Crippen LogP contribution < -0.4 is 0 Å². The first-order valence-electron chi connectivity index (χ1n) is 6.90. The molecule has 0 spiro atoms. The molecule has 1 aliphatic heterocycles. The number of rotatable bonds is 3. The lowest BCUT2D eigenvalue weighted by atomic mass is 9.76. The number of ketones is 1. The predicted octanol–water partition coefficient (Wildman–Crippen LogP) is 2.56. The van der Waals surface area contributed by atoms with Gasteiger partial charge < -0.3 is 14.6 Å². The van der Waals surface area contributed by atoms with Crippen molar-refractivity contribution in [3.05, 3.63) is 41.7 Å². The molecule has 1 heterocycles. The topological polar surface area (TPSA) is 55.8 Å². The molecular formula is C16H18O4. The van der Waals surface area contributed by atoms with E-state index in [1.807, 2.05) is 12.1 Å². The van der Waals surface area contributed by atoms with Gasteiger partial charge in [0.25, 0.3) is 0 Å². The van der Waals surface area contributed by atoms with Gasteiger partial charge in [-0.1, -0.05) is 19.1 Å². The summed E-state index contributed by atoms with van der Waals surface area (Å²) >= 11 is 0. The fourth-order valence-electron chi connectivity index (χ4n) is 3.06. The molecule has 1 saturated heterocycles. The second-order valence-corrected chi connectivity index (χ2v) is 5.54. The van der Waals surface area contributed by atoms with E-state index in [1.54, 1.807) is 18.2 Å². The highest BCUT2D eigenvalue weighted by molar-refractivity contribution is 5.91. The van der Waals surface area contributed by atoms with E-state index >= 15 is 0 Å². The summed E-state index contributed by atoms with van der Waals surface area (Å²) in [6, 6.07) is 7.20. The van der Waals surface area contributed by atoms with Gasteiger partial charge in [-0.15, -0.1) is 0 Å². The van der Waals surface area contributed by atoms with Gasteiger partial charge >= 0.3 is 0 Å². The van der Waals surface area contributed by atoms with Gasteiger partial charge in [-0.05, 0) is 36.5 Å². The molecule has 0 aromatic heterocycles. The van der Waals surface area contributed by atoms with Crippen molar-refractivity contribution >= 4 is 5.78 Å². The smallest absolute Gasteiger partial charge is 0.189 e. The van der Waals surface area contributed by atoms with E-state index in [0.717, 1.165) is 12.0 Å². The van der Waals surface area contributed by atoms with Crippen LogP contribution in [0.1, 0.15) is 25.3 Å². The van der Waals surface area contributed by atoms with Crippen LogP contribution in [0.3, 0.4) is 0 Å². The van der Waals surface area contributed by atoms with Crippen molar-refractivity contribution in [3.63, 3.8) is 0 Å². The first-order valence-corrected chi connectivity index (χ1v) is 6.90. The van der Waals surface area contributed by atoms with Gasteiger partial charge in [-0.3, -0.25) is 4.79 Å². The van der Waals surface area contributed by atoms with Crippen molar-refractivity contribution in [3.8, 4) is 5.75 Å². The Morgan fingerprint density at radius 1 is 1.35 bits per heavy atom. The van der Waals surface area contributed by atoms with Crippen LogP contribution in [0.4, 0.5) is 0 Å². The van der Waals surface area contributed by atoms with Gasteiger partial charge in [0.1, 0.15) is 17.1 Å². The molecule has 1 aliphatic carbocycles. The lowest BCUT2D eigenvalue weighted by Gasteiger charge is -2.35. The Hall–Kier alpha value is -1.81. The standard InChI is InChI=1S/C16H18O4/c1-11(8-12-2-4-13(17)5-3-12)16-7-6-14(18)9-15(16)19-10-20-16/h2-5,9,11,17H,6-8,10H2,1H3/t11-,16+/m0/s1. The summed E-state index contributed by atoms with van der Waals surface area (Å²) in [4.78, 5) is 11.5. The molecule has 1 N–H and O–H groups in total. The van der Waals surface area contributed by atoms with Crippen molar-refractivity contribution in [2.45, 2.75) is 31.8 Å². The summed E-state index contributed by atoms with van der Waals surface area (Å²) in [6.45, 7) is 2.34. The molecule has 2 aliphatic rings. The van der Waals surface area contributed by atoms with Crippen molar-refractivity contribution < 1.29 is 19.4 Å². The minimum atomic E-state index is -0.466. The molecule has 4 heteroatoms. The molecule has 106 valence electrons. The van der Waals surface area contributed by atoms with Gasteiger partial charge in [0, 0.05) is 12.5 Å². The highest BCUT2D eigenvalue weighted by Crippen LogP contribution is 2.43. The Morgan fingerprint density at radius 2 is 2.10 bits per heavy atom. The number of carbonyl (C=O) groups excluding carboxylic acids is 1. The van der Waals surface area contributed by atoms with E-state index in [1.165, 1.54) is 0 Å². The Bertz CT molecular complexity index is 546. The summed E-state index contributed by atoms with van der Waals surface area (Å²) in [5, 5.41) is 9.33. The van der Waals surface area contributed by atoms with Gasteiger partial charge in [-0.2, -0.15) is 0 Å². The maximum Gasteiger partial charge on any atom is 0.189 e. The molecule has 1 aromatic rings. The van der Waals surface area contributed by atoms with Crippen LogP contribution in [-0.4, -0.2) is 23.3 Å². The largest absolute Gasteiger partial charge is 0.508 e. The molecule has 0 amide bonds. The number of fused-ring (bicyclic) bond motifs is 1. The summed E-state index contributed by atoms with van der Waals surface area (Å²) in [5.74, 6) is 1.26. The summed E-state index contributed by atoms with van der Waals surface area (Å²) in [6.07, 6.45) is 3.59. The van der Waals surface area contributed by atoms with E-state index in [9.17, 15) is 9.90 Å². The summed E-state index contributed by atoms with van der Waals surface area (Å²) < 4.78 is 11.3. The quantitative estimate of drug-likeness (QED) is 0.920. The molecule has 4 nitrogen and oxygen atoms in total. The molecule has 1 aromatic carbocycles. The Labute approximate surface area is 118 Å². The number of ether oxygens (including phenoxy) is 2. The van der Waals surface area contributed by atoms with Crippen LogP contribution in [0.2, 0.25) is 0 Å². The zero-order valence-corrected chi connectivity index (χ0v) is 11.5. The number of benzene rings is 1. The average molecular weight is 274 g/mol. The molecule has 0 saturated carbocycles. The maximum absolute atomic E-state index is 11.5. The molecule has 0 unspecified atom stereocenters. The van der Waals surface area contributed by atoms with Crippen molar-refractivity contribution in [2.24, 2.45) is 5.92 Å². The van der Waals surface area contributed by atoms with Crippen LogP contribution >= 0.6 is 0 Å². The van der Waals surface area contributed by atoms with Crippen LogP contribution in [0.15, 0.2) is 36.1 Å². The molecule has 0 radical (unpaired) electrons. The molecule has 3 rings (SSSR count). The monoisotopic (exact) mass is 274 g/mol. The summed E-state index contributed by atoms with van der Waals surface area (Å²) in [5.41, 5.74) is 0.669. The minimum absolute atomic E-state index is 0.109. The van der Waals surface area contributed by atoms with E-state index < -0.39 is 5.60 Å². The normalized spacial score (nSPS) is 26.6. The lowest BCUT2D eigenvalue weighted by molar-refractivity contribution is -0.117. The van der Waals surface area contributed by atoms with Crippen LogP contribution in [0.25, 0.3) is 0 Å². The van der Waals surface area contributed by atoms with Gasteiger partial charge in [-0.25, -0.2) is 0 Å². The van der Waals surface area contributed by atoms with Gasteiger partial charge in [0.15, 0.2) is 12.6 Å². The van der Waals surface area contributed by atoms with Gasteiger partial charge in [0.2, 0.25) is 0 Å². The van der Waals surface area contributed by atoms with E-state index in [2.05, 4.69) is 6.92 Å². The number of carbonyl (C=O) groups is 1. The molecule has 0 bridgehead atoms. The third-order valence-electron chi connectivity index (χ3n) is 4.26. The number of allylic oxidation sites excluding steroid dienone is 1. The number of phenolic OH excluding ortho intramolecular Hbond substituents is 1. The van der Waals surface area contributed by atoms with E-state index in [4.69, 9.17) is 9.47 Å². The van der Waals surface area contributed by atoms with Crippen LogP contribution in [0.5, 0.6) is 5.75 Å². The Balaban J connectivity index is 1.82. The Morgan fingerprint density at radius 3 is 2.85 bits per heavy atom. The molecule has 2 atom stereocenters. The second-order valence-electron chi connectivity index (χ2n) is 5.54. The van der Waals surface area contributed by atoms with Crippen molar-refractivity contribution in [1.82, 2.24) is 0 Å². The second kappa shape index (κ2) is 4.94. The molecule has 1 fully saturated rings. The number of hydrogen-bond donors (Lipinski definition) is 1. The fraction of sp³-hybridized carbons (Fsp3) is 0.438. The number of aromatic hydroxyl groups is 1. The summed E-state index contributed by atoms with van der Waals surface area (Å²) in [7, 11) is 0.